The average Bonchev–Trinajstić information content (AvgIpc) is 2.69. The van der Waals surface area contributed by atoms with Gasteiger partial charge in [0.2, 0.25) is 9.84 Å². The number of amides is 2. The van der Waals surface area contributed by atoms with E-state index < -0.39 is 15.9 Å². The number of hydrogen-bond acceptors (Lipinski definition) is 4. The molecule has 3 rings (SSSR count). The summed E-state index contributed by atoms with van der Waals surface area (Å²) in [6.45, 7) is 0.368. The number of sulfone groups is 1. The smallest absolute Gasteiger partial charge is 0.319 e. The minimum Gasteiger partial charge on any atom is -0.397 e. The highest BCUT2D eigenvalue weighted by Gasteiger charge is 2.18. The Morgan fingerprint density at radius 2 is 1.48 bits per heavy atom. The standard InChI is InChI=1S/C20H19N3O3S/c21-18-13-17(27(25,26)16-9-5-2-6-10-16)11-12-19(18)23-20(24)22-14-15-7-3-1-4-8-15/h1-13H,14,21H2,(H2,22,23,24). The second-order valence-corrected chi connectivity index (χ2v) is 7.81. The SMILES string of the molecule is Nc1cc(S(=O)(=O)c2ccccc2)ccc1NC(=O)NCc1ccccc1. The number of urea groups is 1. The third kappa shape index (κ3) is 4.45. The largest absolute Gasteiger partial charge is 0.397 e. The molecule has 0 bridgehead atoms. The molecule has 7 heteroatoms. The first-order valence-corrected chi connectivity index (χ1v) is 9.73. The molecule has 0 saturated carbocycles. The van der Waals surface area contributed by atoms with Crippen molar-refractivity contribution in [2.45, 2.75) is 16.3 Å². The third-order valence-electron chi connectivity index (χ3n) is 3.93. The number of nitrogens with two attached hydrogens (primary N) is 1. The zero-order valence-electron chi connectivity index (χ0n) is 14.4. The Hall–Kier alpha value is -3.32. The van der Waals surface area contributed by atoms with Gasteiger partial charge < -0.3 is 16.4 Å². The van der Waals surface area contributed by atoms with Crippen LogP contribution in [0.5, 0.6) is 0 Å². The van der Waals surface area contributed by atoms with Crippen molar-refractivity contribution in [2.24, 2.45) is 0 Å². The van der Waals surface area contributed by atoms with Gasteiger partial charge in [-0.3, -0.25) is 0 Å². The molecule has 0 aliphatic carbocycles. The minimum atomic E-state index is -3.66. The van der Waals surface area contributed by atoms with Crippen molar-refractivity contribution in [1.82, 2.24) is 5.32 Å². The van der Waals surface area contributed by atoms with E-state index in [2.05, 4.69) is 10.6 Å². The summed E-state index contributed by atoms with van der Waals surface area (Å²) in [5.74, 6) is 0. The van der Waals surface area contributed by atoms with Crippen LogP contribution in [0.15, 0.2) is 88.7 Å². The number of benzene rings is 3. The lowest BCUT2D eigenvalue weighted by Gasteiger charge is -2.12. The zero-order valence-corrected chi connectivity index (χ0v) is 15.2. The highest BCUT2D eigenvalue weighted by Crippen LogP contribution is 2.26. The van der Waals surface area contributed by atoms with Crippen LogP contribution in [-0.2, 0) is 16.4 Å². The molecule has 4 N–H and O–H groups in total. The molecule has 2 amide bonds. The second kappa shape index (κ2) is 7.92. The quantitative estimate of drug-likeness (QED) is 0.589. The van der Waals surface area contributed by atoms with Crippen LogP contribution in [0, 0.1) is 0 Å². The second-order valence-electron chi connectivity index (χ2n) is 5.86. The Morgan fingerprint density at radius 3 is 2.11 bits per heavy atom. The first-order valence-electron chi connectivity index (χ1n) is 8.25. The van der Waals surface area contributed by atoms with E-state index in [9.17, 15) is 13.2 Å². The summed E-state index contributed by atoms with van der Waals surface area (Å²) in [5, 5.41) is 5.35. The number of nitrogen functional groups attached to an aromatic ring is 1. The van der Waals surface area contributed by atoms with Crippen LogP contribution in [0.4, 0.5) is 16.2 Å². The fourth-order valence-electron chi connectivity index (χ4n) is 2.50. The van der Waals surface area contributed by atoms with Gasteiger partial charge in [-0.25, -0.2) is 13.2 Å². The van der Waals surface area contributed by atoms with E-state index in [4.69, 9.17) is 5.73 Å². The van der Waals surface area contributed by atoms with E-state index in [1.54, 1.807) is 18.2 Å². The van der Waals surface area contributed by atoms with Gasteiger partial charge in [-0.15, -0.1) is 0 Å². The summed E-state index contributed by atoms with van der Waals surface area (Å²) in [5.41, 5.74) is 7.42. The topological polar surface area (TPSA) is 101 Å². The van der Waals surface area contributed by atoms with E-state index in [0.29, 0.717) is 12.2 Å². The highest BCUT2D eigenvalue weighted by atomic mass is 32.2. The number of hydrogen-bond donors (Lipinski definition) is 3. The normalized spacial score (nSPS) is 11.0. The van der Waals surface area contributed by atoms with Crippen LogP contribution < -0.4 is 16.4 Å². The van der Waals surface area contributed by atoms with Crippen molar-refractivity contribution in [3.8, 4) is 0 Å². The van der Waals surface area contributed by atoms with Crippen LogP contribution in [-0.4, -0.2) is 14.4 Å². The van der Waals surface area contributed by atoms with Gasteiger partial charge in [0.25, 0.3) is 0 Å². The molecule has 0 radical (unpaired) electrons. The molecule has 0 fully saturated rings. The number of carbonyl (C=O) groups is 1. The molecule has 3 aromatic rings. The van der Waals surface area contributed by atoms with Crippen LogP contribution in [0.25, 0.3) is 0 Å². The van der Waals surface area contributed by atoms with Crippen molar-refractivity contribution in [3.63, 3.8) is 0 Å². The van der Waals surface area contributed by atoms with Gasteiger partial charge in [-0.1, -0.05) is 48.5 Å². The lowest BCUT2D eigenvalue weighted by Crippen LogP contribution is -2.28. The van der Waals surface area contributed by atoms with E-state index in [1.807, 2.05) is 30.3 Å². The molecular formula is C20H19N3O3S. The van der Waals surface area contributed by atoms with Gasteiger partial charge in [-0.2, -0.15) is 0 Å². The third-order valence-corrected chi connectivity index (χ3v) is 5.70. The van der Waals surface area contributed by atoms with Crippen molar-refractivity contribution in [3.05, 3.63) is 84.4 Å². The van der Waals surface area contributed by atoms with Gasteiger partial charge >= 0.3 is 6.03 Å². The molecule has 0 unspecified atom stereocenters. The van der Waals surface area contributed by atoms with Crippen molar-refractivity contribution in [1.29, 1.82) is 0 Å². The zero-order chi connectivity index (χ0) is 19.3. The first kappa shape index (κ1) is 18.5. The summed E-state index contributed by atoms with van der Waals surface area (Å²) in [6, 6.07) is 21.4. The molecule has 0 aromatic heterocycles. The van der Waals surface area contributed by atoms with Crippen molar-refractivity contribution < 1.29 is 13.2 Å². The van der Waals surface area contributed by atoms with Gasteiger partial charge in [0.1, 0.15) is 0 Å². The maximum Gasteiger partial charge on any atom is 0.319 e. The number of anilines is 2. The molecule has 0 aliphatic rings. The van der Waals surface area contributed by atoms with E-state index in [0.717, 1.165) is 5.56 Å². The van der Waals surface area contributed by atoms with Crippen molar-refractivity contribution in [2.75, 3.05) is 11.1 Å². The highest BCUT2D eigenvalue weighted by molar-refractivity contribution is 7.91. The molecule has 3 aromatic carbocycles. The number of rotatable bonds is 5. The molecule has 0 heterocycles. The number of nitrogens with one attached hydrogen (secondary N) is 2. The van der Waals surface area contributed by atoms with E-state index in [-0.39, 0.29) is 15.5 Å². The Morgan fingerprint density at radius 1 is 0.852 bits per heavy atom. The summed E-state index contributed by atoms with van der Waals surface area (Å²) in [7, 11) is -3.66. The first-order chi connectivity index (χ1) is 13.0. The van der Waals surface area contributed by atoms with Gasteiger partial charge in [-0.05, 0) is 35.9 Å². The predicted octanol–water partition coefficient (Wildman–Crippen LogP) is 3.42. The Labute approximate surface area is 158 Å². The summed E-state index contributed by atoms with van der Waals surface area (Å²) >= 11 is 0. The Bertz CT molecular complexity index is 1040. The maximum absolute atomic E-state index is 12.6. The Kier molecular flexibility index (Phi) is 5.42. The van der Waals surface area contributed by atoms with Crippen LogP contribution >= 0.6 is 0 Å². The summed E-state index contributed by atoms with van der Waals surface area (Å²) in [4.78, 5) is 12.3. The Balaban J connectivity index is 1.70. The molecule has 0 atom stereocenters. The van der Waals surface area contributed by atoms with Gasteiger partial charge in [0.05, 0.1) is 21.2 Å². The minimum absolute atomic E-state index is 0.0708. The fourth-order valence-corrected chi connectivity index (χ4v) is 3.82. The molecule has 6 nitrogen and oxygen atoms in total. The van der Waals surface area contributed by atoms with Gasteiger partial charge in [0.15, 0.2) is 0 Å². The summed E-state index contributed by atoms with van der Waals surface area (Å²) < 4.78 is 25.2. The van der Waals surface area contributed by atoms with Crippen molar-refractivity contribution >= 4 is 27.2 Å². The van der Waals surface area contributed by atoms with Crippen LogP contribution in [0.1, 0.15) is 5.56 Å². The maximum atomic E-state index is 12.6. The monoisotopic (exact) mass is 381 g/mol. The molecule has 138 valence electrons. The van der Waals surface area contributed by atoms with Crippen LogP contribution in [0.2, 0.25) is 0 Å². The molecule has 0 saturated heterocycles. The lowest BCUT2D eigenvalue weighted by atomic mass is 10.2. The predicted molar refractivity (Wildman–Crippen MR) is 105 cm³/mol. The molecule has 27 heavy (non-hydrogen) atoms. The molecule has 0 aliphatic heterocycles. The fraction of sp³-hybridized carbons (Fsp3) is 0.0500. The summed E-state index contributed by atoms with van der Waals surface area (Å²) in [6.07, 6.45) is 0. The van der Waals surface area contributed by atoms with Crippen LogP contribution in [0.3, 0.4) is 0 Å². The van der Waals surface area contributed by atoms with E-state index >= 15 is 0 Å². The molecule has 0 spiro atoms. The van der Waals surface area contributed by atoms with Gasteiger partial charge in [0, 0.05) is 6.54 Å². The lowest BCUT2D eigenvalue weighted by molar-refractivity contribution is 0.251. The molecular weight excluding hydrogens is 362 g/mol. The number of carbonyl (C=O) groups excluding carboxylic acids is 1. The van der Waals surface area contributed by atoms with E-state index in [1.165, 1.54) is 30.3 Å². The average molecular weight is 381 g/mol.